The fraction of sp³-hybridized carbons (Fsp3) is 0.500. The number of anilines is 1. The van der Waals surface area contributed by atoms with E-state index in [-0.39, 0.29) is 10.8 Å². The highest BCUT2D eigenvalue weighted by Gasteiger charge is 2.30. The van der Waals surface area contributed by atoms with Crippen molar-refractivity contribution in [2.45, 2.75) is 63.3 Å². The van der Waals surface area contributed by atoms with Gasteiger partial charge in [0.2, 0.25) is 10.0 Å². The van der Waals surface area contributed by atoms with Crippen molar-refractivity contribution in [3.63, 3.8) is 0 Å². The Morgan fingerprint density at radius 3 is 2.52 bits per heavy atom. The SMILES string of the molecule is CNS(=O)(=O)c1ccc2c(c1)CCN2C(=O)c1cc(C)n(C2CCCCC2)c1C. The number of rotatable bonds is 4. The van der Waals surface area contributed by atoms with Crippen molar-refractivity contribution in [1.82, 2.24) is 9.29 Å². The summed E-state index contributed by atoms with van der Waals surface area (Å²) in [6.45, 7) is 4.71. The van der Waals surface area contributed by atoms with Crippen LogP contribution in [0.25, 0.3) is 0 Å². The lowest BCUT2D eigenvalue weighted by molar-refractivity contribution is 0.0988. The molecule has 1 aromatic carbocycles. The number of benzene rings is 1. The first-order valence-electron chi connectivity index (χ1n) is 10.4. The Bertz CT molecular complexity index is 1050. The smallest absolute Gasteiger partial charge is 0.260 e. The van der Waals surface area contributed by atoms with Crippen LogP contribution >= 0.6 is 0 Å². The molecule has 0 saturated heterocycles. The van der Waals surface area contributed by atoms with Crippen LogP contribution in [0.1, 0.15) is 65.5 Å². The van der Waals surface area contributed by atoms with E-state index in [1.807, 2.05) is 6.07 Å². The van der Waals surface area contributed by atoms with Crippen molar-refractivity contribution < 1.29 is 13.2 Å². The summed E-state index contributed by atoms with van der Waals surface area (Å²) in [6.07, 6.45) is 6.83. The van der Waals surface area contributed by atoms with Crippen LogP contribution in [-0.4, -0.2) is 32.5 Å². The van der Waals surface area contributed by atoms with Gasteiger partial charge in [0, 0.05) is 29.7 Å². The van der Waals surface area contributed by atoms with Gasteiger partial charge < -0.3 is 9.47 Å². The molecule has 29 heavy (non-hydrogen) atoms. The Hall–Kier alpha value is -2.12. The second kappa shape index (κ2) is 7.61. The highest BCUT2D eigenvalue weighted by molar-refractivity contribution is 7.89. The summed E-state index contributed by atoms with van der Waals surface area (Å²) in [5, 5.41) is 0. The number of carbonyl (C=O) groups excluding carboxylic acids is 1. The quantitative estimate of drug-likeness (QED) is 0.827. The summed E-state index contributed by atoms with van der Waals surface area (Å²) in [4.78, 5) is 15.4. The first kappa shape index (κ1) is 20.2. The lowest BCUT2D eigenvalue weighted by Crippen LogP contribution is -2.29. The van der Waals surface area contributed by atoms with Gasteiger partial charge in [0.15, 0.2) is 0 Å². The molecule has 1 N–H and O–H groups in total. The monoisotopic (exact) mass is 415 g/mol. The Balaban J connectivity index is 1.64. The molecule has 7 heteroatoms. The molecule has 6 nitrogen and oxygen atoms in total. The number of amides is 1. The molecule has 1 aliphatic heterocycles. The predicted molar refractivity (Wildman–Crippen MR) is 114 cm³/mol. The van der Waals surface area contributed by atoms with Gasteiger partial charge in [0.25, 0.3) is 5.91 Å². The molecule has 1 fully saturated rings. The van der Waals surface area contributed by atoms with E-state index >= 15 is 0 Å². The summed E-state index contributed by atoms with van der Waals surface area (Å²) >= 11 is 0. The minimum Gasteiger partial charge on any atom is -0.345 e. The first-order chi connectivity index (χ1) is 13.8. The van der Waals surface area contributed by atoms with Crippen LogP contribution < -0.4 is 9.62 Å². The minimum atomic E-state index is -3.49. The molecule has 0 bridgehead atoms. The number of hydrogen-bond acceptors (Lipinski definition) is 3. The van der Waals surface area contributed by atoms with Gasteiger partial charge >= 0.3 is 0 Å². The van der Waals surface area contributed by atoms with Gasteiger partial charge in [0.1, 0.15) is 0 Å². The number of hydrogen-bond donors (Lipinski definition) is 1. The van der Waals surface area contributed by atoms with Crippen LogP contribution in [0.4, 0.5) is 5.69 Å². The topological polar surface area (TPSA) is 71.4 Å². The molecular formula is C22H29N3O3S. The van der Waals surface area contributed by atoms with Crippen LogP contribution in [0.3, 0.4) is 0 Å². The Labute approximate surface area is 173 Å². The summed E-state index contributed by atoms with van der Waals surface area (Å²) in [6, 6.07) is 7.52. The average molecular weight is 416 g/mol. The van der Waals surface area contributed by atoms with Crippen molar-refractivity contribution in [3.05, 3.63) is 46.8 Å². The normalized spacial score (nSPS) is 17.6. The lowest BCUT2D eigenvalue weighted by Gasteiger charge is -2.26. The van der Waals surface area contributed by atoms with Crippen molar-refractivity contribution in [3.8, 4) is 0 Å². The molecule has 0 unspecified atom stereocenters. The van der Waals surface area contributed by atoms with E-state index < -0.39 is 10.0 Å². The number of carbonyl (C=O) groups is 1. The Kier molecular flexibility index (Phi) is 5.29. The van der Waals surface area contributed by atoms with E-state index in [4.69, 9.17) is 0 Å². The highest BCUT2D eigenvalue weighted by atomic mass is 32.2. The third-order valence-electron chi connectivity index (χ3n) is 6.43. The maximum absolute atomic E-state index is 13.4. The van der Waals surface area contributed by atoms with Crippen molar-refractivity contribution in [2.75, 3.05) is 18.5 Å². The van der Waals surface area contributed by atoms with Gasteiger partial charge in [-0.2, -0.15) is 0 Å². The molecular weight excluding hydrogens is 386 g/mol. The molecule has 0 radical (unpaired) electrons. The minimum absolute atomic E-state index is 0.00290. The summed E-state index contributed by atoms with van der Waals surface area (Å²) in [7, 11) is -2.08. The highest BCUT2D eigenvalue weighted by Crippen LogP contribution is 2.35. The van der Waals surface area contributed by atoms with E-state index in [1.54, 1.807) is 23.1 Å². The standard InChI is InChI=1S/C22H29N3O3S/c1-15-13-20(16(2)25(15)18-7-5-4-6-8-18)22(26)24-12-11-17-14-19(9-10-21(17)24)29(27,28)23-3/h9-10,13-14,18,23H,4-8,11-12H2,1-3H3. The summed E-state index contributed by atoms with van der Waals surface area (Å²) in [5.41, 5.74) is 4.66. The van der Waals surface area contributed by atoms with Gasteiger partial charge in [0.05, 0.1) is 10.5 Å². The molecule has 2 heterocycles. The third kappa shape index (κ3) is 3.51. The van der Waals surface area contributed by atoms with Gasteiger partial charge in [-0.25, -0.2) is 13.1 Å². The molecule has 2 aliphatic rings. The average Bonchev–Trinajstić information content (AvgIpc) is 3.28. The van der Waals surface area contributed by atoms with Crippen LogP contribution in [0.5, 0.6) is 0 Å². The lowest BCUT2D eigenvalue weighted by atomic mass is 9.95. The summed E-state index contributed by atoms with van der Waals surface area (Å²) in [5.74, 6) is 0.00290. The fourth-order valence-corrected chi connectivity index (χ4v) is 5.69. The maximum atomic E-state index is 13.4. The number of sulfonamides is 1. The molecule has 1 amide bonds. The van der Waals surface area contributed by atoms with E-state index in [0.717, 1.165) is 28.2 Å². The zero-order valence-corrected chi connectivity index (χ0v) is 18.2. The molecule has 4 rings (SSSR count). The number of nitrogens with zero attached hydrogens (tertiary/aromatic N) is 2. The third-order valence-corrected chi connectivity index (χ3v) is 7.84. The molecule has 2 aromatic rings. The Morgan fingerprint density at radius 1 is 1.10 bits per heavy atom. The van der Waals surface area contributed by atoms with Gasteiger partial charge in [-0.05, 0) is 70.0 Å². The number of aromatic nitrogens is 1. The largest absolute Gasteiger partial charge is 0.345 e. The molecule has 1 aliphatic carbocycles. The predicted octanol–water partition coefficient (Wildman–Crippen LogP) is 3.72. The van der Waals surface area contributed by atoms with Gasteiger partial charge in [-0.3, -0.25) is 4.79 Å². The van der Waals surface area contributed by atoms with Crippen molar-refractivity contribution in [2.24, 2.45) is 0 Å². The van der Waals surface area contributed by atoms with Crippen LogP contribution in [0, 0.1) is 13.8 Å². The second-order valence-electron chi connectivity index (χ2n) is 8.15. The maximum Gasteiger partial charge on any atom is 0.260 e. The Morgan fingerprint density at radius 2 is 1.83 bits per heavy atom. The van der Waals surface area contributed by atoms with Crippen LogP contribution in [0.2, 0.25) is 0 Å². The number of fused-ring (bicyclic) bond motifs is 1. The second-order valence-corrected chi connectivity index (χ2v) is 10.0. The van der Waals surface area contributed by atoms with E-state index in [0.29, 0.717) is 19.0 Å². The van der Waals surface area contributed by atoms with Crippen molar-refractivity contribution in [1.29, 1.82) is 0 Å². The number of nitrogens with one attached hydrogen (secondary N) is 1. The number of aryl methyl sites for hydroxylation is 1. The first-order valence-corrected chi connectivity index (χ1v) is 11.9. The van der Waals surface area contributed by atoms with Crippen LogP contribution in [-0.2, 0) is 16.4 Å². The van der Waals surface area contributed by atoms with E-state index in [1.165, 1.54) is 39.2 Å². The van der Waals surface area contributed by atoms with E-state index in [2.05, 4.69) is 23.1 Å². The van der Waals surface area contributed by atoms with Crippen molar-refractivity contribution >= 4 is 21.6 Å². The molecule has 156 valence electrons. The zero-order chi connectivity index (χ0) is 20.8. The van der Waals surface area contributed by atoms with Crippen LogP contribution in [0.15, 0.2) is 29.2 Å². The summed E-state index contributed by atoms with van der Waals surface area (Å²) < 4.78 is 28.9. The van der Waals surface area contributed by atoms with Gasteiger partial charge in [-0.15, -0.1) is 0 Å². The van der Waals surface area contributed by atoms with E-state index in [9.17, 15) is 13.2 Å². The molecule has 0 atom stereocenters. The molecule has 1 aromatic heterocycles. The van der Waals surface area contributed by atoms with Gasteiger partial charge in [-0.1, -0.05) is 19.3 Å². The molecule has 1 saturated carbocycles. The fourth-order valence-electron chi connectivity index (χ4n) is 4.91. The molecule has 0 spiro atoms. The zero-order valence-electron chi connectivity index (χ0n) is 17.4.